The molecule has 3 aromatic heterocycles. The van der Waals surface area contributed by atoms with Crippen molar-refractivity contribution in [3.63, 3.8) is 0 Å². The molecule has 6 rings (SSSR count). The minimum atomic E-state index is -0.268. The Morgan fingerprint density at radius 3 is 3.03 bits per heavy atom. The Morgan fingerprint density at radius 2 is 2.10 bits per heavy atom. The maximum atomic E-state index is 15.0. The summed E-state index contributed by atoms with van der Waals surface area (Å²) in [5, 5.41) is 9.37. The largest absolute Gasteiger partial charge is 0.313 e. The van der Waals surface area contributed by atoms with Gasteiger partial charge in [0.05, 0.1) is 27.3 Å². The highest BCUT2D eigenvalue weighted by molar-refractivity contribution is 7.18. The molecule has 1 saturated heterocycles. The van der Waals surface area contributed by atoms with Gasteiger partial charge < -0.3 is 5.32 Å². The van der Waals surface area contributed by atoms with Gasteiger partial charge in [-0.15, -0.1) is 11.3 Å². The first-order valence-corrected chi connectivity index (χ1v) is 11.1. The minimum absolute atomic E-state index is 0.268. The van der Waals surface area contributed by atoms with Crippen molar-refractivity contribution < 1.29 is 4.39 Å². The molecule has 3 atom stereocenters. The summed E-state index contributed by atoms with van der Waals surface area (Å²) in [7, 11) is 0. The van der Waals surface area contributed by atoms with Gasteiger partial charge in [0.2, 0.25) is 0 Å². The van der Waals surface area contributed by atoms with E-state index < -0.39 is 0 Å². The van der Waals surface area contributed by atoms with E-state index in [0.717, 1.165) is 51.2 Å². The summed E-state index contributed by atoms with van der Waals surface area (Å²) in [6.45, 7) is 3.03. The molecule has 1 aromatic carbocycles. The van der Waals surface area contributed by atoms with Gasteiger partial charge in [0.25, 0.3) is 0 Å². The van der Waals surface area contributed by atoms with E-state index in [1.54, 1.807) is 21.9 Å². The lowest BCUT2D eigenvalue weighted by molar-refractivity contribution is 0.286. The predicted octanol–water partition coefficient (Wildman–Crippen LogP) is 4.70. The quantitative estimate of drug-likeness (QED) is 0.523. The molecular weight excluding hydrogens is 385 g/mol. The normalized spacial score (nSPS) is 24.4. The van der Waals surface area contributed by atoms with Crippen LogP contribution in [0.15, 0.2) is 30.5 Å². The van der Waals surface area contributed by atoms with Crippen LogP contribution < -0.4 is 5.32 Å². The molecule has 0 amide bonds. The molecule has 2 aliphatic rings. The monoisotopic (exact) mass is 407 g/mol. The Bertz CT molecular complexity index is 1230. The van der Waals surface area contributed by atoms with Crippen molar-refractivity contribution >= 4 is 27.2 Å². The number of hydrogen-bond acceptors (Lipinski definition) is 5. The molecule has 0 bridgehead atoms. The van der Waals surface area contributed by atoms with Crippen molar-refractivity contribution in [2.45, 2.75) is 44.6 Å². The Balaban J connectivity index is 1.41. The molecule has 2 fully saturated rings. The summed E-state index contributed by atoms with van der Waals surface area (Å²) < 4.78 is 17.6. The van der Waals surface area contributed by atoms with Gasteiger partial charge >= 0.3 is 0 Å². The second-order valence-electron chi connectivity index (χ2n) is 8.33. The second-order valence-corrected chi connectivity index (χ2v) is 9.39. The van der Waals surface area contributed by atoms with Gasteiger partial charge in [-0.05, 0) is 62.9 Å². The minimum Gasteiger partial charge on any atom is -0.313 e. The molecule has 7 heteroatoms. The molecule has 0 radical (unpaired) electrons. The van der Waals surface area contributed by atoms with Crippen LogP contribution in [0.3, 0.4) is 0 Å². The third-order valence-corrected chi connectivity index (χ3v) is 7.58. The lowest BCUT2D eigenvalue weighted by atomic mass is 9.78. The van der Waals surface area contributed by atoms with Crippen molar-refractivity contribution in [2.24, 2.45) is 5.92 Å². The molecule has 4 heterocycles. The van der Waals surface area contributed by atoms with E-state index in [2.05, 4.69) is 15.4 Å². The highest BCUT2D eigenvalue weighted by Crippen LogP contribution is 2.43. The van der Waals surface area contributed by atoms with E-state index >= 15 is 0 Å². The van der Waals surface area contributed by atoms with E-state index in [-0.39, 0.29) is 5.82 Å². The standard InChI is InChI=1S/C22H22FN5S/c1-12-11-28-19(25-12)6-5-17(27-28)14-9-16(23)21-18(10-14)29-22(26-21)15-4-2-3-13-7-8-24-20(13)15/h5-6,9-11,13,15,20,24H,2-4,7-8H2,1H3. The van der Waals surface area contributed by atoms with Crippen LogP contribution in [0.4, 0.5) is 4.39 Å². The highest BCUT2D eigenvalue weighted by atomic mass is 32.1. The van der Waals surface area contributed by atoms with Gasteiger partial charge in [-0.25, -0.2) is 18.9 Å². The highest BCUT2D eigenvalue weighted by Gasteiger charge is 2.38. The molecular formula is C22H22FN5S. The molecule has 0 spiro atoms. The summed E-state index contributed by atoms with van der Waals surface area (Å²) in [5.74, 6) is 0.881. The number of benzene rings is 1. The molecule has 148 valence electrons. The SMILES string of the molecule is Cc1cn2nc(-c3cc(F)c4nc(C5CCCC6CCNC65)sc4c3)ccc2n1. The van der Waals surface area contributed by atoms with Crippen molar-refractivity contribution in [3.05, 3.63) is 47.0 Å². The fraction of sp³-hybridized carbons (Fsp3) is 0.409. The summed E-state index contributed by atoms with van der Waals surface area (Å²) in [5.41, 5.74) is 3.71. The van der Waals surface area contributed by atoms with Crippen LogP contribution in [-0.4, -0.2) is 32.2 Å². The number of fused-ring (bicyclic) bond motifs is 3. The fourth-order valence-electron chi connectivity index (χ4n) is 5.10. The number of nitrogens with one attached hydrogen (secondary N) is 1. The van der Waals surface area contributed by atoms with E-state index in [4.69, 9.17) is 4.98 Å². The Morgan fingerprint density at radius 1 is 1.17 bits per heavy atom. The first-order chi connectivity index (χ1) is 14.2. The third kappa shape index (κ3) is 2.87. The van der Waals surface area contributed by atoms with E-state index in [9.17, 15) is 4.39 Å². The summed E-state index contributed by atoms with van der Waals surface area (Å²) in [6.07, 6.45) is 6.82. The predicted molar refractivity (Wildman–Crippen MR) is 113 cm³/mol. The average Bonchev–Trinajstić information content (AvgIpc) is 3.43. The van der Waals surface area contributed by atoms with Gasteiger partial charge in [0, 0.05) is 17.5 Å². The number of aryl methyl sites for hydroxylation is 1. The first kappa shape index (κ1) is 17.5. The number of thiazole rings is 1. The van der Waals surface area contributed by atoms with Crippen LogP contribution >= 0.6 is 11.3 Å². The van der Waals surface area contributed by atoms with Gasteiger partial charge in [-0.3, -0.25) is 0 Å². The summed E-state index contributed by atoms with van der Waals surface area (Å²) >= 11 is 1.65. The zero-order valence-corrected chi connectivity index (χ0v) is 17.0. The first-order valence-electron chi connectivity index (χ1n) is 10.3. The molecule has 4 aromatic rings. The summed E-state index contributed by atoms with van der Waals surface area (Å²) in [4.78, 5) is 9.16. The Labute approximate surface area is 172 Å². The van der Waals surface area contributed by atoms with Crippen LogP contribution in [0.25, 0.3) is 27.1 Å². The molecule has 1 N–H and O–H groups in total. The van der Waals surface area contributed by atoms with Crippen LogP contribution in [-0.2, 0) is 0 Å². The number of imidazole rings is 1. The molecule has 5 nitrogen and oxygen atoms in total. The van der Waals surface area contributed by atoms with E-state index in [1.165, 1.54) is 19.3 Å². The lowest BCUT2D eigenvalue weighted by Gasteiger charge is -2.32. The number of hydrogen-bond donors (Lipinski definition) is 1. The van der Waals surface area contributed by atoms with Gasteiger partial charge in [-0.1, -0.05) is 6.42 Å². The number of halogens is 1. The number of aromatic nitrogens is 4. The lowest BCUT2D eigenvalue weighted by Crippen LogP contribution is -2.36. The number of nitrogens with zero attached hydrogens (tertiary/aromatic N) is 4. The average molecular weight is 408 g/mol. The topological polar surface area (TPSA) is 55.1 Å². The maximum absolute atomic E-state index is 15.0. The third-order valence-electron chi connectivity index (χ3n) is 6.44. The Kier molecular flexibility index (Phi) is 3.96. The van der Waals surface area contributed by atoms with Crippen molar-refractivity contribution in [1.29, 1.82) is 0 Å². The number of rotatable bonds is 2. The van der Waals surface area contributed by atoms with Crippen LogP contribution in [0.2, 0.25) is 0 Å². The molecule has 1 saturated carbocycles. The maximum Gasteiger partial charge on any atom is 0.153 e. The van der Waals surface area contributed by atoms with E-state index in [1.807, 2.05) is 31.3 Å². The zero-order valence-electron chi connectivity index (χ0n) is 16.2. The molecule has 1 aliphatic heterocycles. The van der Waals surface area contributed by atoms with Crippen molar-refractivity contribution in [3.8, 4) is 11.3 Å². The molecule has 29 heavy (non-hydrogen) atoms. The van der Waals surface area contributed by atoms with Gasteiger partial charge in [0.15, 0.2) is 11.5 Å². The van der Waals surface area contributed by atoms with Gasteiger partial charge in [0.1, 0.15) is 5.52 Å². The van der Waals surface area contributed by atoms with Gasteiger partial charge in [-0.2, -0.15) is 5.10 Å². The smallest absolute Gasteiger partial charge is 0.153 e. The Hall–Kier alpha value is -2.38. The van der Waals surface area contributed by atoms with E-state index in [0.29, 0.717) is 17.5 Å². The second kappa shape index (κ2) is 6.57. The van der Waals surface area contributed by atoms with Crippen LogP contribution in [0, 0.1) is 18.7 Å². The summed E-state index contributed by atoms with van der Waals surface area (Å²) in [6, 6.07) is 7.91. The molecule has 1 aliphatic carbocycles. The van der Waals surface area contributed by atoms with Crippen LogP contribution in [0.1, 0.15) is 42.3 Å². The van der Waals surface area contributed by atoms with Crippen molar-refractivity contribution in [2.75, 3.05) is 6.54 Å². The fourth-order valence-corrected chi connectivity index (χ4v) is 6.30. The van der Waals surface area contributed by atoms with Crippen molar-refractivity contribution in [1.82, 2.24) is 24.9 Å². The van der Waals surface area contributed by atoms with Crippen LogP contribution in [0.5, 0.6) is 0 Å². The molecule has 3 unspecified atom stereocenters. The zero-order chi connectivity index (χ0) is 19.5.